The van der Waals surface area contributed by atoms with E-state index in [0.29, 0.717) is 12.8 Å². The van der Waals surface area contributed by atoms with Crippen molar-refractivity contribution >= 4 is 11.7 Å². The molecule has 0 bridgehead atoms. The molecule has 5 nitrogen and oxygen atoms in total. The molecule has 0 aliphatic heterocycles. The third-order valence-electron chi connectivity index (χ3n) is 3.08. The van der Waals surface area contributed by atoms with Gasteiger partial charge in [0.05, 0.1) is 12.6 Å². The Morgan fingerprint density at radius 3 is 2.33 bits per heavy atom. The van der Waals surface area contributed by atoms with Crippen LogP contribution in [-0.4, -0.2) is 35.4 Å². The van der Waals surface area contributed by atoms with Gasteiger partial charge in [0.1, 0.15) is 5.75 Å². The van der Waals surface area contributed by atoms with Crippen LogP contribution < -0.4 is 10.6 Å². The standard InChI is InChI=1S/C16H24N2O3/c1-4-13(19)10-17-16(21)15(18-11(2)3)9-12-5-7-14(20)8-6-12/h5-8,11,15,18,20H,4,9-10H2,1-3H3,(H,17,21)/t15-/m0/s1. The quantitative estimate of drug-likeness (QED) is 0.677. The maximum absolute atomic E-state index is 12.2. The molecule has 116 valence electrons. The van der Waals surface area contributed by atoms with Crippen molar-refractivity contribution < 1.29 is 14.7 Å². The maximum atomic E-state index is 12.2. The van der Waals surface area contributed by atoms with E-state index in [1.54, 1.807) is 31.2 Å². The smallest absolute Gasteiger partial charge is 0.237 e. The lowest BCUT2D eigenvalue weighted by Crippen LogP contribution is -2.49. The molecule has 1 aromatic rings. The summed E-state index contributed by atoms with van der Waals surface area (Å²) >= 11 is 0. The molecule has 0 radical (unpaired) electrons. The molecule has 0 spiro atoms. The molecule has 21 heavy (non-hydrogen) atoms. The molecule has 0 aliphatic rings. The van der Waals surface area contributed by atoms with Crippen LogP contribution in [-0.2, 0) is 16.0 Å². The monoisotopic (exact) mass is 292 g/mol. The predicted molar refractivity (Wildman–Crippen MR) is 82.2 cm³/mol. The Hall–Kier alpha value is -1.88. The van der Waals surface area contributed by atoms with E-state index in [-0.39, 0.29) is 30.0 Å². The minimum Gasteiger partial charge on any atom is -0.508 e. The number of benzene rings is 1. The van der Waals surface area contributed by atoms with Crippen molar-refractivity contribution in [3.63, 3.8) is 0 Å². The van der Waals surface area contributed by atoms with Gasteiger partial charge < -0.3 is 15.7 Å². The fourth-order valence-corrected chi connectivity index (χ4v) is 1.93. The summed E-state index contributed by atoms with van der Waals surface area (Å²) in [5, 5.41) is 15.2. The normalized spacial score (nSPS) is 12.2. The zero-order chi connectivity index (χ0) is 15.8. The van der Waals surface area contributed by atoms with Crippen LogP contribution in [0.25, 0.3) is 0 Å². The topological polar surface area (TPSA) is 78.4 Å². The summed E-state index contributed by atoms with van der Waals surface area (Å²) < 4.78 is 0. The summed E-state index contributed by atoms with van der Waals surface area (Å²) in [5.41, 5.74) is 0.947. The Bertz CT molecular complexity index is 469. The molecule has 0 aliphatic carbocycles. The highest BCUT2D eigenvalue weighted by Crippen LogP contribution is 2.11. The van der Waals surface area contributed by atoms with E-state index in [0.717, 1.165) is 5.56 Å². The first kappa shape index (κ1) is 17.2. The Balaban J connectivity index is 2.68. The van der Waals surface area contributed by atoms with Gasteiger partial charge in [-0.1, -0.05) is 32.9 Å². The Labute approximate surface area is 125 Å². The minimum atomic E-state index is -0.404. The zero-order valence-electron chi connectivity index (χ0n) is 12.8. The third-order valence-corrected chi connectivity index (χ3v) is 3.08. The van der Waals surface area contributed by atoms with Crippen molar-refractivity contribution in [2.75, 3.05) is 6.54 Å². The SMILES string of the molecule is CCC(=O)CNC(=O)[C@H](Cc1ccc(O)cc1)NC(C)C. The van der Waals surface area contributed by atoms with E-state index < -0.39 is 6.04 Å². The van der Waals surface area contributed by atoms with E-state index in [4.69, 9.17) is 0 Å². The third kappa shape index (κ3) is 6.40. The number of carbonyl (C=O) groups is 2. The zero-order valence-corrected chi connectivity index (χ0v) is 12.8. The molecule has 5 heteroatoms. The predicted octanol–water partition coefficient (Wildman–Crippen LogP) is 1.40. The van der Waals surface area contributed by atoms with E-state index >= 15 is 0 Å². The summed E-state index contributed by atoms with van der Waals surface area (Å²) in [6, 6.07) is 6.52. The fourth-order valence-electron chi connectivity index (χ4n) is 1.93. The molecule has 0 saturated heterocycles. The van der Waals surface area contributed by atoms with Gasteiger partial charge in [-0.3, -0.25) is 9.59 Å². The number of phenols is 1. The van der Waals surface area contributed by atoms with Gasteiger partial charge in [-0.05, 0) is 24.1 Å². The van der Waals surface area contributed by atoms with Gasteiger partial charge in [0, 0.05) is 12.5 Å². The lowest BCUT2D eigenvalue weighted by Gasteiger charge is -2.20. The van der Waals surface area contributed by atoms with E-state index in [2.05, 4.69) is 10.6 Å². The van der Waals surface area contributed by atoms with Crippen LogP contribution in [0.5, 0.6) is 5.75 Å². The number of Topliss-reactive ketones (excluding diaryl/α,β-unsaturated/α-hetero) is 1. The Kier molecular flexibility index (Phi) is 6.88. The number of amides is 1. The number of rotatable bonds is 8. The van der Waals surface area contributed by atoms with E-state index in [1.165, 1.54) is 0 Å². The van der Waals surface area contributed by atoms with Gasteiger partial charge in [0.25, 0.3) is 0 Å². The second-order valence-corrected chi connectivity index (χ2v) is 5.35. The number of hydrogen-bond donors (Lipinski definition) is 3. The van der Waals surface area contributed by atoms with E-state index in [9.17, 15) is 14.7 Å². The molecule has 1 aromatic carbocycles. The highest BCUT2D eigenvalue weighted by Gasteiger charge is 2.19. The van der Waals surface area contributed by atoms with Crippen molar-refractivity contribution in [2.24, 2.45) is 0 Å². The number of aromatic hydroxyl groups is 1. The second kappa shape index (κ2) is 8.42. The highest BCUT2D eigenvalue weighted by atomic mass is 16.3. The van der Waals surface area contributed by atoms with Gasteiger partial charge in [0.15, 0.2) is 5.78 Å². The number of hydrogen-bond acceptors (Lipinski definition) is 4. The van der Waals surface area contributed by atoms with Crippen LogP contribution in [0.1, 0.15) is 32.8 Å². The number of phenolic OH excluding ortho intramolecular Hbond substituents is 1. The van der Waals surface area contributed by atoms with Gasteiger partial charge in [0.2, 0.25) is 5.91 Å². The van der Waals surface area contributed by atoms with Crippen molar-refractivity contribution in [3.05, 3.63) is 29.8 Å². The average molecular weight is 292 g/mol. The van der Waals surface area contributed by atoms with Crippen molar-refractivity contribution in [2.45, 2.75) is 45.7 Å². The number of carbonyl (C=O) groups excluding carboxylic acids is 2. The summed E-state index contributed by atoms with van der Waals surface area (Å²) in [6.07, 6.45) is 0.922. The summed E-state index contributed by atoms with van der Waals surface area (Å²) in [4.78, 5) is 23.5. The van der Waals surface area contributed by atoms with Crippen molar-refractivity contribution in [1.82, 2.24) is 10.6 Å². The van der Waals surface area contributed by atoms with Crippen LogP contribution in [0, 0.1) is 0 Å². The number of nitrogens with one attached hydrogen (secondary N) is 2. The average Bonchev–Trinajstić information content (AvgIpc) is 2.45. The van der Waals surface area contributed by atoms with Crippen LogP contribution in [0.4, 0.5) is 0 Å². The van der Waals surface area contributed by atoms with Gasteiger partial charge in [-0.15, -0.1) is 0 Å². The first-order chi connectivity index (χ1) is 9.92. The summed E-state index contributed by atoms with van der Waals surface area (Å²) in [7, 11) is 0. The second-order valence-electron chi connectivity index (χ2n) is 5.35. The number of ketones is 1. The molecule has 0 heterocycles. The Morgan fingerprint density at radius 1 is 1.19 bits per heavy atom. The Morgan fingerprint density at radius 2 is 1.81 bits per heavy atom. The minimum absolute atomic E-state index is 0.0104. The molecule has 0 unspecified atom stereocenters. The summed E-state index contributed by atoms with van der Waals surface area (Å²) in [6.45, 7) is 5.78. The molecule has 0 saturated carbocycles. The van der Waals surface area contributed by atoms with Crippen LogP contribution in [0.2, 0.25) is 0 Å². The highest BCUT2D eigenvalue weighted by molar-refractivity contribution is 5.88. The van der Waals surface area contributed by atoms with Crippen molar-refractivity contribution in [3.8, 4) is 5.75 Å². The maximum Gasteiger partial charge on any atom is 0.237 e. The largest absolute Gasteiger partial charge is 0.508 e. The van der Waals surface area contributed by atoms with E-state index in [1.807, 2.05) is 13.8 Å². The molecule has 1 atom stereocenters. The molecular formula is C16H24N2O3. The lowest BCUT2D eigenvalue weighted by molar-refractivity contribution is -0.126. The molecule has 0 aromatic heterocycles. The lowest BCUT2D eigenvalue weighted by atomic mass is 10.0. The fraction of sp³-hybridized carbons (Fsp3) is 0.500. The summed E-state index contributed by atoms with van der Waals surface area (Å²) in [5.74, 6) is 0.0277. The molecule has 1 amide bonds. The van der Waals surface area contributed by atoms with Crippen LogP contribution >= 0.6 is 0 Å². The van der Waals surface area contributed by atoms with Crippen molar-refractivity contribution in [1.29, 1.82) is 0 Å². The molecule has 3 N–H and O–H groups in total. The van der Waals surface area contributed by atoms with Crippen LogP contribution in [0.15, 0.2) is 24.3 Å². The first-order valence-electron chi connectivity index (χ1n) is 7.25. The van der Waals surface area contributed by atoms with Gasteiger partial charge in [-0.2, -0.15) is 0 Å². The molecule has 1 rings (SSSR count). The van der Waals surface area contributed by atoms with Gasteiger partial charge >= 0.3 is 0 Å². The van der Waals surface area contributed by atoms with Crippen LogP contribution in [0.3, 0.4) is 0 Å². The van der Waals surface area contributed by atoms with Gasteiger partial charge in [-0.25, -0.2) is 0 Å². The molecular weight excluding hydrogens is 268 g/mol. The molecule has 0 fully saturated rings. The first-order valence-corrected chi connectivity index (χ1v) is 7.25.